The molecule has 3 N–H and O–H groups in total. The van der Waals surface area contributed by atoms with Crippen molar-refractivity contribution in [3.63, 3.8) is 0 Å². The van der Waals surface area contributed by atoms with Crippen LogP contribution in [-0.4, -0.2) is 29.1 Å². The Balaban J connectivity index is 1.51. The molecule has 1 fully saturated rings. The van der Waals surface area contributed by atoms with Crippen LogP contribution in [0.3, 0.4) is 0 Å². The summed E-state index contributed by atoms with van der Waals surface area (Å²) in [4.78, 5) is 13.7. The third-order valence-electron chi connectivity index (χ3n) is 6.62. The van der Waals surface area contributed by atoms with Crippen LogP contribution in [0.4, 0.5) is 0 Å². The van der Waals surface area contributed by atoms with E-state index in [0.29, 0.717) is 24.5 Å². The zero-order valence-electron chi connectivity index (χ0n) is 19.7. The molecule has 4 aromatic rings. The number of hydrogen-bond acceptors (Lipinski definition) is 5. The highest BCUT2D eigenvalue weighted by molar-refractivity contribution is 5.89. The lowest BCUT2D eigenvalue weighted by Gasteiger charge is -2.16. The number of carboxylic acids is 1. The molecule has 1 saturated heterocycles. The summed E-state index contributed by atoms with van der Waals surface area (Å²) in [5.41, 5.74) is 12.9. The number of hydrogen-bond donors (Lipinski definition) is 2. The van der Waals surface area contributed by atoms with Gasteiger partial charge in [0.25, 0.3) is 0 Å². The molecular weight excluding hydrogens is 440 g/mol. The molecule has 5 rings (SSSR count). The van der Waals surface area contributed by atoms with Gasteiger partial charge >= 0.3 is 5.97 Å². The van der Waals surface area contributed by atoms with Crippen molar-refractivity contribution in [1.29, 1.82) is 0 Å². The summed E-state index contributed by atoms with van der Waals surface area (Å²) >= 11 is 0. The maximum Gasteiger partial charge on any atom is 0.307 e. The highest BCUT2D eigenvalue weighted by Gasteiger charge is 2.19. The van der Waals surface area contributed by atoms with E-state index in [-0.39, 0.29) is 6.42 Å². The molecule has 35 heavy (non-hydrogen) atoms. The highest BCUT2D eigenvalue weighted by atomic mass is 16.5. The molecule has 1 aliphatic rings. The van der Waals surface area contributed by atoms with Crippen LogP contribution in [-0.2, 0) is 30.9 Å². The number of nitrogens with two attached hydrogens (primary N) is 1. The largest absolute Gasteiger partial charge is 0.488 e. The lowest BCUT2D eigenvalue weighted by molar-refractivity contribution is -0.136. The molecule has 0 bridgehead atoms. The molecular formula is C29H30N2O4. The summed E-state index contributed by atoms with van der Waals surface area (Å²) < 4.78 is 12.2. The monoisotopic (exact) mass is 470 g/mol. The number of likely N-dealkylation sites (tertiary alicyclic amines) is 1. The molecule has 0 aliphatic carbocycles. The Morgan fingerprint density at radius 3 is 2.60 bits per heavy atom. The third kappa shape index (κ3) is 5.24. The van der Waals surface area contributed by atoms with Gasteiger partial charge in [-0.1, -0.05) is 36.4 Å². The minimum Gasteiger partial charge on any atom is -0.488 e. The van der Waals surface area contributed by atoms with Gasteiger partial charge in [0.1, 0.15) is 17.9 Å². The Morgan fingerprint density at radius 1 is 0.971 bits per heavy atom. The SMILES string of the molecule is NCc1cccc(-c2cc(CN3CCCC3)c3occ(COc4ccccc4CC(=O)O)c3c2)c1. The fourth-order valence-electron chi connectivity index (χ4n) is 4.82. The van der Waals surface area contributed by atoms with Crippen LogP contribution < -0.4 is 10.5 Å². The van der Waals surface area contributed by atoms with Gasteiger partial charge < -0.3 is 20.0 Å². The van der Waals surface area contributed by atoms with Crippen LogP contribution in [0, 0.1) is 0 Å². The van der Waals surface area contributed by atoms with Crippen molar-refractivity contribution in [1.82, 2.24) is 4.90 Å². The Bertz CT molecular complexity index is 1340. The molecule has 3 aromatic carbocycles. The van der Waals surface area contributed by atoms with E-state index >= 15 is 0 Å². The Kier molecular flexibility index (Phi) is 6.84. The van der Waals surface area contributed by atoms with Crippen molar-refractivity contribution in [2.45, 2.75) is 39.0 Å². The second kappa shape index (κ2) is 10.3. The van der Waals surface area contributed by atoms with Gasteiger partial charge in [-0.2, -0.15) is 0 Å². The molecule has 0 spiro atoms. The molecule has 1 aliphatic heterocycles. The molecule has 1 aromatic heterocycles. The Morgan fingerprint density at radius 2 is 1.80 bits per heavy atom. The maximum atomic E-state index is 11.2. The summed E-state index contributed by atoms with van der Waals surface area (Å²) in [5.74, 6) is -0.306. The number of benzene rings is 3. The minimum absolute atomic E-state index is 0.0794. The number of nitrogens with zero attached hydrogens (tertiary/aromatic N) is 1. The number of aliphatic carboxylic acids is 1. The van der Waals surface area contributed by atoms with Crippen molar-refractivity contribution in [3.05, 3.63) is 89.2 Å². The summed E-state index contributed by atoms with van der Waals surface area (Å²) in [5, 5.41) is 10.2. The second-order valence-corrected chi connectivity index (χ2v) is 9.13. The summed E-state index contributed by atoms with van der Waals surface area (Å²) in [6, 6.07) is 20.0. The third-order valence-corrected chi connectivity index (χ3v) is 6.62. The standard InChI is InChI=1S/C29H30N2O4/c30-16-20-6-5-8-21(12-20)23-13-24(17-31-10-3-4-11-31)29-26(14-23)25(19-35-29)18-34-27-9-2-1-7-22(27)15-28(32)33/h1-2,5-9,12-14,19H,3-4,10-11,15-18,30H2,(H,32,33). The summed E-state index contributed by atoms with van der Waals surface area (Å²) in [7, 11) is 0. The molecule has 0 saturated carbocycles. The molecule has 0 atom stereocenters. The van der Waals surface area contributed by atoms with E-state index in [1.165, 1.54) is 12.8 Å². The predicted molar refractivity (Wildman–Crippen MR) is 136 cm³/mol. The highest BCUT2D eigenvalue weighted by Crippen LogP contribution is 2.33. The first-order valence-electron chi connectivity index (χ1n) is 12.1. The summed E-state index contributed by atoms with van der Waals surface area (Å²) in [6.45, 7) is 3.84. The average molecular weight is 471 g/mol. The van der Waals surface area contributed by atoms with Crippen molar-refractivity contribution in [2.75, 3.05) is 13.1 Å². The molecule has 6 heteroatoms. The number of para-hydroxylation sites is 1. The number of rotatable bonds is 9. The Hall–Kier alpha value is -3.61. The van der Waals surface area contributed by atoms with Crippen LogP contribution in [0.2, 0.25) is 0 Å². The van der Waals surface area contributed by atoms with E-state index in [0.717, 1.165) is 58.4 Å². The number of carboxylic acid groups (broad SMARTS) is 1. The molecule has 6 nitrogen and oxygen atoms in total. The smallest absolute Gasteiger partial charge is 0.307 e. The first-order valence-corrected chi connectivity index (χ1v) is 12.1. The van der Waals surface area contributed by atoms with E-state index in [1.54, 1.807) is 12.3 Å². The normalized spacial score (nSPS) is 14.0. The first kappa shape index (κ1) is 23.1. The lowest BCUT2D eigenvalue weighted by atomic mass is 9.97. The number of carbonyl (C=O) groups is 1. The molecule has 0 radical (unpaired) electrons. The fourth-order valence-corrected chi connectivity index (χ4v) is 4.82. The van der Waals surface area contributed by atoms with Gasteiger partial charge in [-0.3, -0.25) is 9.69 Å². The molecule has 0 unspecified atom stereocenters. The lowest BCUT2D eigenvalue weighted by Crippen LogP contribution is -2.18. The van der Waals surface area contributed by atoms with Crippen LogP contribution in [0.5, 0.6) is 5.75 Å². The maximum absolute atomic E-state index is 11.2. The van der Waals surface area contributed by atoms with Gasteiger partial charge in [-0.15, -0.1) is 0 Å². The molecule has 0 amide bonds. The molecule has 180 valence electrons. The van der Waals surface area contributed by atoms with E-state index in [4.69, 9.17) is 14.9 Å². The Labute approximate surface area is 204 Å². The van der Waals surface area contributed by atoms with E-state index in [9.17, 15) is 9.90 Å². The van der Waals surface area contributed by atoms with E-state index in [1.807, 2.05) is 30.3 Å². The van der Waals surface area contributed by atoms with Crippen LogP contribution >= 0.6 is 0 Å². The average Bonchev–Trinajstić information content (AvgIpc) is 3.53. The predicted octanol–water partition coefficient (Wildman–Crippen LogP) is 5.36. The van der Waals surface area contributed by atoms with Gasteiger partial charge in [-0.05, 0) is 66.9 Å². The van der Waals surface area contributed by atoms with Crippen molar-refractivity contribution >= 4 is 16.9 Å². The van der Waals surface area contributed by atoms with Gasteiger partial charge in [-0.25, -0.2) is 0 Å². The van der Waals surface area contributed by atoms with Gasteiger partial charge in [0.2, 0.25) is 0 Å². The molecule has 2 heterocycles. The van der Waals surface area contributed by atoms with Crippen molar-refractivity contribution in [3.8, 4) is 16.9 Å². The minimum atomic E-state index is -0.884. The number of furan rings is 1. The van der Waals surface area contributed by atoms with Crippen molar-refractivity contribution in [2.24, 2.45) is 5.73 Å². The van der Waals surface area contributed by atoms with Crippen molar-refractivity contribution < 1.29 is 19.1 Å². The van der Waals surface area contributed by atoms with E-state index < -0.39 is 5.97 Å². The number of fused-ring (bicyclic) bond motifs is 1. The zero-order chi connectivity index (χ0) is 24.2. The first-order chi connectivity index (χ1) is 17.1. The summed E-state index contributed by atoms with van der Waals surface area (Å²) in [6.07, 6.45) is 4.14. The quantitative estimate of drug-likeness (QED) is 0.342. The van der Waals surface area contributed by atoms with E-state index in [2.05, 4.69) is 29.2 Å². The van der Waals surface area contributed by atoms with Crippen LogP contribution in [0.25, 0.3) is 22.1 Å². The second-order valence-electron chi connectivity index (χ2n) is 9.13. The fraction of sp³-hybridized carbons (Fsp3) is 0.276. The van der Waals surface area contributed by atoms with Crippen LogP contribution in [0.1, 0.15) is 35.1 Å². The van der Waals surface area contributed by atoms with Crippen LogP contribution in [0.15, 0.2) is 71.3 Å². The van der Waals surface area contributed by atoms with Gasteiger partial charge in [0, 0.05) is 35.2 Å². The topological polar surface area (TPSA) is 88.9 Å². The zero-order valence-corrected chi connectivity index (χ0v) is 19.7. The number of ether oxygens (including phenoxy) is 1. The van der Waals surface area contributed by atoms with Gasteiger partial charge in [0.05, 0.1) is 12.7 Å². The van der Waals surface area contributed by atoms with Gasteiger partial charge in [0.15, 0.2) is 0 Å².